The van der Waals surface area contributed by atoms with E-state index in [0.29, 0.717) is 25.5 Å². The number of nitrogens with one attached hydrogen (secondary N) is 1. The highest BCUT2D eigenvalue weighted by Gasteiger charge is 2.34. The summed E-state index contributed by atoms with van der Waals surface area (Å²) < 4.78 is 52.6. The van der Waals surface area contributed by atoms with Gasteiger partial charge in [-0.15, -0.1) is 11.3 Å². The van der Waals surface area contributed by atoms with Gasteiger partial charge in [0, 0.05) is 0 Å². The molecule has 0 aliphatic carbocycles. The number of aromatic nitrogens is 1. The van der Waals surface area contributed by atoms with Crippen LogP contribution in [0.2, 0.25) is 0 Å². The second-order valence-electron chi connectivity index (χ2n) is 5.44. The van der Waals surface area contributed by atoms with Crippen LogP contribution in [0.3, 0.4) is 0 Å². The van der Waals surface area contributed by atoms with Crippen LogP contribution < -0.4 is 0 Å². The molecule has 2 nitrogen and oxygen atoms in total. The summed E-state index contributed by atoms with van der Waals surface area (Å²) in [7, 11) is 0. The minimum atomic E-state index is -4.78. The van der Waals surface area contributed by atoms with Gasteiger partial charge in [-0.2, -0.15) is 13.2 Å². The summed E-state index contributed by atoms with van der Waals surface area (Å²) in [6.45, 7) is 3.92. The van der Waals surface area contributed by atoms with Gasteiger partial charge in [0.2, 0.25) is 5.88 Å². The third-order valence-electron chi connectivity index (χ3n) is 3.72. The molecule has 0 spiro atoms. The first-order chi connectivity index (χ1) is 12.2. The summed E-state index contributed by atoms with van der Waals surface area (Å²) in [6, 6.07) is 9.45. The summed E-state index contributed by atoms with van der Waals surface area (Å²) >= 11 is 6.11. The second-order valence-corrected chi connectivity index (χ2v) is 7.13. The molecule has 0 saturated heterocycles. The monoisotopic (exact) mass is 397 g/mol. The molecule has 0 aliphatic heterocycles. The lowest BCUT2D eigenvalue weighted by Gasteiger charge is -2.11. The molecule has 0 unspecified atom stereocenters. The highest BCUT2D eigenvalue weighted by molar-refractivity contribution is 7.73. The number of aromatic hydroxyl groups is 1. The van der Waals surface area contributed by atoms with E-state index in [1.165, 1.54) is 6.07 Å². The summed E-state index contributed by atoms with van der Waals surface area (Å²) in [5.41, 5.74) is 0.438. The van der Waals surface area contributed by atoms with E-state index in [4.69, 9.17) is 12.2 Å². The zero-order valence-corrected chi connectivity index (χ0v) is 14.7. The number of alkyl halides is 3. The van der Waals surface area contributed by atoms with Gasteiger partial charge < -0.3 is 10.1 Å². The fourth-order valence-corrected chi connectivity index (χ4v) is 3.53. The van der Waals surface area contributed by atoms with Gasteiger partial charge in [-0.25, -0.2) is 4.39 Å². The van der Waals surface area contributed by atoms with Gasteiger partial charge in [0.25, 0.3) is 0 Å². The van der Waals surface area contributed by atoms with E-state index in [1.54, 1.807) is 24.3 Å². The molecule has 0 radical (unpaired) electrons. The fourth-order valence-electron chi connectivity index (χ4n) is 2.46. The lowest BCUT2D eigenvalue weighted by molar-refractivity contribution is -0.139. The minimum absolute atomic E-state index is 0.114. The maximum atomic E-state index is 13.5. The Morgan fingerprint density at radius 3 is 2.42 bits per heavy atom. The number of thiazole rings is 1. The fraction of sp³-hybridized carbons (Fsp3) is 0.0556. The van der Waals surface area contributed by atoms with Gasteiger partial charge >= 0.3 is 6.18 Å². The van der Waals surface area contributed by atoms with E-state index in [1.807, 2.05) is 0 Å². The number of halogens is 4. The van der Waals surface area contributed by atoms with E-state index in [9.17, 15) is 22.7 Å². The molecule has 3 aromatic rings. The van der Waals surface area contributed by atoms with Gasteiger partial charge in [-0.05, 0) is 52.7 Å². The van der Waals surface area contributed by atoms with Gasteiger partial charge in [0.1, 0.15) is 5.82 Å². The molecule has 0 atom stereocenters. The Morgan fingerprint density at radius 2 is 1.81 bits per heavy atom. The van der Waals surface area contributed by atoms with Crippen LogP contribution in [0.1, 0.15) is 16.0 Å². The molecular formula is C18H11F4NOS2. The molecule has 134 valence electrons. The normalized spacial score (nSPS) is 11.5. The van der Waals surface area contributed by atoms with Crippen molar-refractivity contribution in [2.45, 2.75) is 6.18 Å². The molecule has 8 heteroatoms. The Bertz CT molecular complexity index is 1050. The predicted octanol–water partition coefficient (Wildman–Crippen LogP) is 6.40. The maximum Gasteiger partial charge on any atom is 0.419 e. The lowest BCUT2D eigenvalue weighted by Crippen LogP contribution is -2.08. The van der Waals surface area contributed by atoms with Crippen LogP contribution in [-0.4, -0.2) is 10.1 Å². The zero-order chi connectivity index (χ0) is 19.1. The van der Waals surface area contributed by atoms with E-state index >= 15 is 0 Å². The van der Waals surface area contributed by atoms with Crippen molar-refractivity contribution < 1.29 is 22.7 Å². The Morgan fingerprint density at radius 1 is 1.12 bits per heavy atom. The van der Waals surface area contributed by atoms with Crippen molar-refractivity contribution in [1.82, 2.24) is 4.98 Å². The molecule has 0 saturated carbocycles. The van der Waals surface area contributed by atoms with Crippen molar-refractivity contribution in [1.29, 1.82) is 0 Å². The highest BCUT2D eigenvalue weighted by Crippen LogP contribution is 2.36. The second kappa shape index (κ2) is 6.69. The molecular weight excluding hydrogens is 386 g/mol. The van der Waals surface area contributed by atoms with Crippen LogP contribution in [-0.2, 0) is 6.18 Å². The van der Waals surface area contributed by atoms with E-state index in [-0.39, 0.29) is 11.4 Å². The average molecular weight is 397 g/mol. The molecule has 0 bridgehead atoms. The molecule has 2 aromatic carbocycles. The first-order valence-corrected chi connectivity index (χ1v) is 8.48. The summed E-state index contributed by atoms with van der Waals surface area (Å²) in [5.74, 6) is -1.43. The van der Waals surface area contributed by atoms with Crippen molar-refractivity contribution in [2.24, 2.45) is 0 Å². The van der Waals surface area contributed by atoms with Crippen LogP contribution in [0.25, 0.3) is 16.7 Å². The quantitative estimate of drug-likeness (QED) is 0.396. The molecule has 1 aromatic heterocycles. The summed E-state index contributed by atoms with van der Waals surface area (Å²) in [4.78, 5) is 3.04. The van der Waals surface area contributed by atoms with Gasteiger partial charge in [-0.1, -0.05) is 30.8 Å². The molecule has 3 rings (SSSR count). The number of rotatable bonds is 3. The summed E-state index contributed by atoms with van der Waals surface area (Å²) in [5, 5.41) is 9.87. The molecule has 2 N–H and O–H groups in total. The van der Waals surface area contributed by atoms with Crippen LogP contribution in [0.5, 0.6) is 5.88 Å². The van der Waals surface area contributed by atoms with Crippen LogP contribution >= 0.6 is 23.6 Å². The number of benzene rings is 2. The molecule has 0 amide bonds. The van der Waals surface area contributed by atoms with Crippen molar-refractivity contribution in [3.63, 3.8) is 0 Å². The molecule has 1 heterocycles. The predicted molar refractivity (Wildman–Crippen MR) is 96.1 cm³/mol. The topological polar surface area (TPSA) is 36.0 Å². The SMILES string of the molecule is C=C(c1cccc(-c2ccc(F)c(C(F)(F)F)c2)c1)c1sc(=S)[nH]c1O. The van der Waals surface area contributed by atoms with E-state index in [0.717, 1.165) is 23.5 Å². The molecule has 0 fully saturated rings. The molecule has 0 aliphatic rings. The Hall–Kier alpha value is -2.45. The van der Waals surface area contributed by atoms with Gasteiger partial charge in [-0.3, -0.25) is 0 Å². The Kier molecular flexibility index (Phi) is 4.72. The van der Waals surface area contributed by atoms with Crippen molar-refractivity contribution in [3.8, 4) is 17.0 Å². The first kappa shape index (κ1) is 18.3. The largest absolute Gasteiger partial charge is 0.494 e. The van der Waals surface area contributed by atoms with Crippen LogP contribution in [0, 0.1) is 9.77 Å². The van der Waals surface area contributed by atoms with E-state index in [2.05, 4.69) is 11.6 Å². The van der Waals surface area contributed by atoms with Crippen molar-refractivity contribution in [3.05, 3.63) is 74.8 Å². The third-order valence-corrected chi connectivity index (χ3v) is 5.00. The Balaban J connectivity index is 2.04. The first-order valence-electron chi connectivity index (χ1n) is 7.25. The minimum Gasteiger partial charge on any atom is -0.494 e. The van der Waals surface area contributed by atoms with Crippen LogP contribution in [0.15, 0.2) is 49.0 Å². The maximum absolute atomic E-state index is 13.5. The van der Waals surface area contributed by atoms with Crippen LogP contribution in [0.4, 0.5) is 17.6 Å². The average Bonchev–Trinajstić information content (AvgIpc) is 2.92. The summed E-state index contributed by atoms with van der Waals surface area (Å²) in [6.07, 6.45) is -4.78. The third kappa shape index (κ3) is 3.56. The Labute approximate surface area is 155 Å². The van der Waals surface area contributed by atoms with E-state index < -0.39 is 17.6 Å². The zero-order valence-electron chi connectivity index (χ0n) is 13.0. The number of H-pyrrole nitrogens is 1. The van der Waals surface area contributed by atoms with Gasteiger partial charge in [0.05, 0.1) is 10.4 Å². The number of aromatic amines is 1. The van der Waals surface area contributed by atoms with Crippen molar-refractivity contribution >= 4 is 29.1 Å². The van der Waals surface area contributed by atoms with Gasteiger partial charge in [0.15, 0.2) is 3.95 Å². The molecule has 26 heavy (non-hydrogen) atoms. The number of hydrogen-bond acceptors (Lipinski definition) is 3. The number of hydrogen-bond donors (Lipinski definition) is 2. The highest BCUT2D eigenvalue weighted by atomic mass is 32.1. The lowest BCUT2D eigenvalue weighted by atomic mass is 9.98. The smallest absolute Gasteiger partial charge is 0.419 e. The standard InChI is InChI=1S/C18H11F4NOS2/c1-9(15-16(24)23-17(25)26-15)10-3-2-4-11(7-10)12-5-6-14(19)13(8-12)18(20,21)22/h2-8,24H,1H2,(H,23,25). The van der Waals surface area contributed by atoms with Crippen molar-refractivity contribution in [2.75, 3.05) is 0 Å².